The van der Waals surface area contributed by atoms with Crippen LogP contribution < -0.4 is 0 Å². The number of aliphatic hydroxyl groups is 2. The van der Waals surface area contributed by atoms with E-state index in [1.165, 1.54) is 0 Å². The number of rotatable bonds is 16. The first-order valence-electron chi connectivity index (χ1n) is 19.2. The van der Waals surface area contributed by atoms with E-state index in [4.69, 9.17) is 47.4 Å². The average Bonchev–Trinajstić information content (AvgIpc) is 3.16. The molecule has 0 radical (unpaired) electrons. The summed E-state index contributed by atoms with van der Waals surface area (Å²) in [5.74, 6) is -11.0. The Morgan fingerprint density at radius 1 is 0.836 bits per heavy atom. The van der Waals surface area contributed by atoms with Gasteiger partial charge in [0.1, 0.15) is 55.9 Å². The summed E-state index contributed by atoms with van der Waals surface area (Å²) in [5, 5.41) is 23.6. The van der Waals surface area contributed by atoms with E-state index < -0.39 is 140 Å². The van der Waals surface area contributed by atoms with Crippen LogP contribution in [-0.4, -0.2) is 150 Å². The fourth-order valence-corrected chi connectivity index (χ4v) is 6.70. The van der Waals surface area contributed by atoms with Gasteiger partial charge in [-0.2, -0.15) is 0 Å². The molecular formula is C40H55NO20. The van der Waals surface area contributed by atoms with Crippen molar-refractivity contribution in [2.24, 2.45) is 5.41 Å². The molecule has 2 aliphatic heterocycles. The molecule has 2 aliphatic rings. The SMILES string of the molecule is COC(=O)[C@@]1(O[C@H]2[C@@H](O)[C@@H](COC(=O)C(C)(C)C)O[C@@H](OCc3ccccc3)[C@@H]2O)C[C@H](OC(C)=O)[C@@H](N(C(C)=O)C(C)=O)[C@H]([C@H](OC(C)=O)[C@@H](COC(C)=O)OC(C)=O)O1. The van der Waals surface area contributed by atoms with Crippen LogP contribution in [0.4, 0.5) is 0 Å². The molecule has 3 rings (SSSR count). The molecule has 0 saturated carbocycles. The van der Waals surface area contributed by atoms with Crippen LogP contribution in [0.2, 0.25) is 0 Å². The molecule has 2 N–H and O–H groups in total. The zero-order valence-corrected chi connectivity index (χ0v) is 35.7. The van der Waals surface area contributed by atoms with E-state index in [1.807, 2.05) is 0 Å². The van der Waals surface area contributed by atoms with Gasteiger partial charge in [0.15, 0.2) is 18.5 Å². The predicted molar refractivity (Wildman–Crippen MR) is 202 cm³/mol. The number of ether oxygens (including phenoxy) is 10. The summed E-state index contributed by atoms with van der Waals surface area (Å²) in [6.45, 7) is 8.97. The Hall–Kier alpha value is -5.06. The van der Waals surface area contributed by atoms with Crippen LogP contribution in [0.3, 0.4) is 0 Å². The zero-order chi connectivity index (χ0) is 46.0. The third kappa shape index (κ3) is 13.5. The highest BCUT2D eigenvalue weighted by molar-refractivity contribution is 5.93. The summed E-state index contributed by atoms with van der Waals surface area (Å²) in [5.41, 5.74) is -0.364. The molecule has 21 heteroatoms. The van der Waals surface area contributed by atoms with Crippen LogP contribution in [0.5, 0.6) is 0 Å². The molecule has 0 aliphatic carbocycles. The number of carbonyl (C=O) groups excluding carboxylic acids is 8. The van der Waals surface area contributed by atoms with Crippen LogP contribution in [0.15, 0.2) is 30.3 Å². The maximum Gasteiger partial charge on any atom is 0.366 e. The molecular weight excluding hydrogens is 814 g/mol. The normalized spacial score (nSPS) is 27.3. The second-order valence-corrected chi connectivity index (χ2v) is 15.4. The van der Waals surface area contributed by atoms with Gasteiger partial charge in [0.25, 0.3) is 5.79 Å². The topological polar surface area (TPSA) is 273 Å². The van der Waals surface area contributed by atoms with Crippen LogP contribution in [0, 0.1) is 5.41 Å². The zero-order valence-electron chi connectivity index (χ0n) is 35.7. The van der Waals surface area contributed by atoms with Gasteiger partial charge in [-0.05, 0) is 26.3 Å². The van der Waals surface area contributed by atoms with Gasteiger partial charge in [-0.15, -0.1) is 0 Å². The highest BCUT2D eigenvalue weighted by Crippen LogP contribution is 2.42. The summed E-state index contributed by atoms with van der Waals surface area (Å²) in [6.07, 6.45) is -17.8. The Morgan fingerprint density at radius 3 is 1.95 bits per heavy atom. The summed E-state index contributed by atoms with van der Waals surface area (Å²) >= 11 is 0. The Bertz CT molecular complexity index is 1730. The molecule has 21 nitrogen and oxygen atoms in total. The number of carbonyl (C=O) groups is 8. The maximum absolute atomic E-state index is 14.2. The van der Waals surface area contributed by atoms with E-state index in [9.17, 15) is 48.6 Å². The minimum Gasteiger partial charge on any atom is -0.465 e. The number of esters is 6. The number of amides is 2. The summed E-state index contributed by atoms with van der Waals surface area (Å²) < 4.78 is 56.7. The lowest BCUT2D eigenvalue weighted by Gasteiger charge is -2.52. The van der Waals surface area contributed by atoms with Crippen molar-refractivity contribution in [2.45, 2.75) is 142 Å². The first-order valence-corrected chi connectivity index (χ1v) is 19.2. The predicted octanol–water partition coefficient (Wildman–Crippen LogP) is 0.404. The second-order valence-electron chi connectivity index (χ2n) is 15.4. The number of hydrogen-bond acceptors (Lipinski definition) is 20. The van der Waals surface area contributed by atoms with Crippen molar-refractivity contribution >= 4 is 47.6 Å². The van der Waals surface area contributed by atoms with E-state index in [-0.39, 0.29) is 6.61 Å². The van der Waals surface area contributed by atoms with Gasteiger partial charge in [-0.1, -0.05) is 30.3 Å². The van der Waals surface area contributed by atoms with Gasteiger partial charge in [-0.3, -0.25) is 38.5 Å². The molecule has 1 aromatic rings. The largest absolute Gasteiger partial charge is 0.465 e. The lowest BCUT2D eigenvalue weighted by Crippen LogP contribution is -2.72. The van der Waals surface area contributed by atoms with Crippen molar-refractivity contribution in [3.05, 3.63) is 35.9 Å². The Balaban J connectivity index is 2.31. The molecule has 11 atom stereocenters. The van der Waals surface area contributed by atoms with Crippen molar-refractivity contribution in [1.29, 1.82) is 0 Å². The van der Waals surface area contributed by atoms with Gasteiger partial charge in [0.2, 0.25) is 11.8 Å². The molecule has 2 fully saturated rings. The number of benzene rings is 1. The highest BCUT2D eigenvalue weighted by Gasteiger charge is 2.63. The minimum atomic E-state index is -2.95. The van der Waals surface area contributed by atoms with Crippen molar-refractivity contribution in [1.82, 2.24) is 4.90 Å². The van der Waals surface area contributed by atoms with Crippen molar-refractivity contribution in [3.63, 3.8) is 0 Å². The Labute approximate surface area is 352 Å². The van der Waals surface area contributed by atoms with E-state index in [0.717, 1.165) is 48.7 Å². The number of hydrogen-bond donors (Lipinski definition) is 2. The Morgan fingerprint density at radius 2 is 1.44 bits per heavy atom. The molecule has 0 aromatic heterocycles. The number of methoxy groups -OCH3 is 1. The lowest BCUT2D eigenvalue weighted by atomic mass is 9.86. The van der Waals surface area contributed by atoms with Crippen molar-refractivity contribution in [3.8, 4) is 0 Å². The van der Waals surface area contributed by atoms with E-state index in [2.05, 4.69) is 0 Å². The number of nitrogens with zero attached hydrogens (tertiary/aromatic N) is 1. The second kappa shape index (κ2) is 21.6. The molecule has 0 spiro atoms. The fourth-order valence-electron chi connectivity index (χ4n) is 6.70. The monoisotopic (exact) mass is 869 g/mol. The smallest absolute Gasteiger partial charge is 0.366 e. The first kappa shape index (κ1) is 50.3. The van der Waals surface area contributed by atoms with Crippen LogP contribution in [0.25, 0.3) is 0 Å². The molecule has 2 amide bonds. The van der Waals surface area contributed by atoms with Gasteiger partial charge < -0.3 is 57.6 Å². The molecule has 2 saturated heterocycles. The van der Waals surface area contributed by atoms with E-state index in [0.29, 0.717) is 10.5 Å². The maximum atomic E-state index is 14.2. The third-order valence-corrected chi connectivity index (χ3v) is 9.28. The van der Waals surface area contributed by atoms with Gasteiger partial charge in [0, 0.05) is 41.5 Å². The quantitative estimate of drug-likeness (QED) is 0.168. The Kier molecular flexibility index (Phi) is 17.8. The lowest BCUT2D eigenvalue weighted by molar-refractivity contribution is -0.373. The molecule has 2 heterocycles. The van der Waals surface area contributed by atoms with Gasteiger partial charge in [-0.25, -0.2) is 4.79 Å². The average molecular weight is 870 g/mol. The molecule has 0 bridgehead atoms. The van der Waals surface area contributed by atoms with Gasteiger partial charge >= 0.3 is 35.8 Å². The summed E-state index contributed by atoms with van der Waals surface area (Å²) in [4.78, 5) is 104. The van der Waals surface area contributed by atoms with Crippen molar-refractivity contribution in [2.75, 3.05) is 20.3 Å². The first-order chi connectivity index (χ1) is 28.4. The minimum absolute atomic E-state index is 0.160. The van der Waals surface area contributed by atoms with Crippen LogP contribution in [-0.2, 0) is 92.3 Å². The highest BCUT2D eigenvalue weighted by atomic mass is 16.8. The third-order valence-electron chi connectivity index (χ3n) is 9.28. The summed E-state index contributed by atoms with van der Waals surface area (Å²) in [6, 6.07) is 6.82. The number of aliphatic hydroxyl groups excluding tert-OH is 2. The number of imide groups is 1. The molecule has 0 unspecified atom stereocenters. The van der Waals surface area contributed by atoms with Crippen LogP contribution >= 0.6 is 0 Å². The van der Waals surface area contributed by atoms with E-state index >= 15 is 0 Å². The standard InChI is InChI=1S/C40H55NO20/c1-20(42)41(21(2)43)30-27(56-23(4)45)16-40(38(51)52-10,60-34(30)33(58-25(6)47)29(57-24(5)46)19-53-22(3)44)61-35-31(48)28(18-55-37(50)39(7,8)9)59-36(32(35)49)54-17-26-14-12-11-13-15-26/h11-15,27-36,48-49H,16-19H2,1-10H3/t27-,28+,29+,30+,31-,32+,33+,34+,35-,36+,40-/m0/s1. The van der Waals surface area contributed by atoms with Crippen molar-refractivity contribution < 1.29 is 95.9 Å². The molecule has 340 valence electrons. The fraction of sp³-hybridized carbons (Fsp3) is 0.650. The van der Waals surface area contributed by atoms with Crippen LogP contribution in [0.1, 0.15) is 74.3 Å². The summed E-state index contributed by atoms with van der Waals surface area (Å²) in [7, 11) is 0.902. The molecule has 61 heavy (non-hydrogen) atoms. The van der Waals surface area contributed by atoms with E-state index in [1.54, 1.807) is 51.1 Å². The van der Waals surface area contributed by atoms with Gasteiger partial charge in [0.05, 0.1) is 25.6 Å². The molecule has 1 aromatic carbocycles.